The molecule has 1 saturated heterocycles. The maximum atomic E-state index is 14.5. The van der Waals surface area contributed by atoms with Gasteiger partial charge >= 0.3 is 0 Å². The Labute approximate surface area is 239 Å². The maximum Gasteiger partial charge on any atom is 0.251 e. The third-order valence-electron chi connectivity index (χ3n) is 7.27. The van der Waals surface area contributed by atoms with E-state index in [1.54, 1.807) is 42.2 Å². The molecule has 3 aromatic rings. The van der Waals surface area contributed by atoms with Gasteiger partial charge in [0.25, 0.3) is 5.91 Å². The van der Waals surface area contributed by atoms with Crippen molar-refractivity contribution in [2.24, 2.45) is 0 Å². The van der Waals surface area contributed by atoms with Crippen LogP contribution in [0.15, 0.2) is 79.4 Å². The Balaban J connectivity index is 1.42. The van der Waals surface area contributed by atoms with Crippen LogP contribution in [0.2, 0.25) is 0 Å². The Morgan fingerprint density at radius 2 is 1.76 bits per heavy atom. The average Bonchev–Trinajstić information content (AvgIpc) is 2.97. The first-order valence-electron chi connectivity index (χ1n) is 13.5. The molecule has 0 spiro atoms. The van der Waals surface area contributed by atoms with Crippen LogP contribution in [0, 0.1) is 18.6 Å². The lowest BCUT2D eigenvalue weighted by molar-refractivity contribution is -0.130. The predicted molar refractivity (Wildman–Crippen MR) is 152 cm³/mol. The van der Waals surface area contributed by atoms with E-state index in [0.29, 0.717) is 54.2 Å². The van der Waals surface area contributed by atoms with Crippen LogP contribution >= 0.6 is 0 Å². The molecule has 1 aliphatic heterocycles. The first-order valence-corrected chi connectivity index (χ1v) is 13.5. The first-order chi connectivity index (χ1) is 19.6. The van der Waals surface area contributed by atoms with Crippen LogP contribution in [-0.4, -0.2) is 65.5 Å². The smallest absolute Gasteiger partial charge is 0.251 e. The van der Waals surface area contributed by atoms with Gasteiger partial charge < -0.3 is 20.1 Å². The van der Waals surface area contributed by atoms with Crippen LogP contribution in [0.4, 0.5) is 8.78 Å². The highest BCUT2D eigenvalue weighted by molar-refractivity contribution is 5.94. The molecule has 0 unspecified atom stereocenters. The number of nitrogens with one attached hydrogen (secondary N) is 1. The molecule has 0 aliphatic carbocycles. The van der Waals surface area contributed by atoms with Crippen molar-refractivity contribution in [3.63, 3.8) is 0 Å². The molecule has 0 bridgehead atoms. The molecule has 41 heavy (non-hydrogen) atoms. The summed E-state index contributed by atoms with van der Waals surface area (Å²) in [4.78, 5) is 28.8. The zero-order valence-corrected chi connectivity index (χ0v) is 23.2. The van der Waals surface area contributed by atoms with Crippen molar-refractivity contribution >= 4 is 11.8 Å². The van der Waals surface area contributed by atoms with Crippen LogP contribution in [0.5, 0.6) is 5.75 Å². The van der Waals surface area contributed by atoms with Gasteiger partial charge in [-0.2, -0.15) is 0 Å². The fraction of sp³-hybridized carbons (Fsp3) is 0.312. The van der Waals surface area contributed by atoms with Crippen LogP contribution in [0.3, 0.4) is 0 Å². The summed E-state index contributed by atoms with van der Waals surface area (Å²) in [6.07, 6.45) is -0.146. The lowest BCUT2D eigenvalue weighted by Crippen LogP contribution is -2.54. The van der Waals surface area contributed by atoms with E-state index < -0.39 is 18.0 Å². The summed E-state index contributed by atoms with van der Waals surface area (Å²) in [5.41, 5.74) is 2.09. The Bertz CT molecular complexity index is 1360. The lowest BCUT2D eigenvalue weighted by Gasteiger charge is -2.40. The minimum Gasteiger partial charge on any atom is -0.484 e. The molecular formula is C32H35F2N3O4. The summed E-state index contributed by atoms with van der Waals surface area (Å²) in [5.74, 6) is -0.692. The van der Waals surface area contributed by atoms with Gasteiger partial charge in [0.15, 0.2) is 0 Å². The highest BCUT2D eigenvalue weighted by atomic mass is 19.1. The number of ether oxygens (including phenoxy) is 1. The molecule has 4 rings (SSSR count). The largest absolute Gasteiger partial charge is 0.484 e. The molecule has 3 atom stereocenters. The van der Waals surface area contributed by atoms with E-state index in [1.807, 2.05) is 13.0 Å². The summed E-state index contributed by atoms with van der Waals surface area (Å²) in [6, 6.07) is 17.1. The molecule has 216 valence electrons. The van der Waals surface area contributed by atoms with Crippen molar-refractivity contribution in [3.8, 4) is 5.75 Å². The van der Waals surface area contributed by atoms with Crippen molar-refractivity contribution in [3.05, 3.63) is 113 Å². The normalized spacial score (nSPS) is 17.0. The number of carbonyl (C=O) groups excluding carboxylic acids is 2. The van der Waals surface area contributed by atoms with Gasteiger partial charge in [-0.1, -0.05) is 30.8 Å². The van der Waals surface area contributed by atoms with E-state index >= 15 is 0 Å². The summed E-state index contributed by atoms with van der Waals surface area (Å²) < 4.78 is 33.9. The second kappa shape index (κ2) is 13.5. The zero-order valence-electron chi connectivity index (χ0n) is 23.2. The molecule has 2 N–H and O–H groups in total. The fourth-order valence-electron chi connectivity index (χ4n) is 4.84. The number of halogens is 2. The van der Waals surface area contributed by atoms with Crippen LogP contribution in [-0.2, 0) is 4.79 Å². The number of aryl methyl sites for hydroxylation is 1. The summed E-state index contributed by atoms with van der Waals surface area (Å²) in [7, 11) is 0. The van der Waals surface area contributed by atoms with Crippen LogP contribution in [0.1, 0.15) is 46.2 Å². The summed E-state index contributed by atoms with van der Waals surface area (Å²) in [6.45, 7) is 9.54. The number of benzene rings is 3. The maximum absolute atomic E-state index is 14.5. The molecule has 2 amide bonds. The molecule has 9 heteroatoms. The van der Waals surface area contributed by atoms with Crippen molar-refractivity contribution < 1.29 is 28.2 Å². The minimum atomic E-state index is -0.975. The standard InChI is InChI=1S/C32H35F2N3O4/c1-4-31(39)37-16-15-36(19-22(37)3)20-30(25-6-5-21(2)28(34)17-25)41-27-13-9-24(10-14-27)32(40)35-18-29(38)23-7-11-26(33)12-8-23/h4-14,17,22,29-30,38H,1,15-16,18-20H2,2-3H3,(H,35,40)/t22-,29+,30+/m1/s1. The van der Waals surface area contributed by atoms with Crippen LogP contribution in [0.25, 0.3) is 0 Å². The van der Waals surface area contributed by atoms with Gasteiger partial charge in [-0.05, 0) is 79.1 Å². The summed E-state index contributed by atoms with van der Waals surface area (Å²) >= 11 is 0. The number of aliphatic hydroxyl groups excluding tert-OH is 1. The quantitative estimate of drug-likeness (QED) is 0.353. The number of hydrogen-bond acceptors (Lipinski definition) is 5. The highest BCUT2D eigenvalue weighted by Crippen LogP contribution is 2.26. The van der Waals surface area contributed by atoms with Gasteiger partial charge in [0.05, 0.1) is 6.10 Å². The Morgan fingerprint density at radius 1 is 1.07 bits per heavy atom. The number of hydrogen-bond donors (Lipinski definition) is 2. The lowest BCUT2D eigenvalue weighted by atomic mass is 10.0. The molecular weight excluding hydrogens is 528 g/mol. The van der Waals surface area contributed by atoms with Crippen molar-refractivity contribution in [1.82, 2.24) is 15.1 Å². The molecule has 7 nitrogen and oxygen atoms in total. The number of piperazine rings is 1. The number of carbonyl (C=O) groups is 2. The first kappa shape index (κ1) is 29.9. The number of rotatable bonds is 10. The SMILES string of the molecule is C=CC(=O)N1CCN(C[C@H](Oc2ccc(C(=O)NC[C@H](O)c3ccc(F)cc3)cc2)c2ccc(C)c(F)c2)C[C@H]1C. The molecule has 0 aromatic heterocycles. The monoisotopic (exact) mass is 563 g/mol. The highest BCUT2D eigenvalue weighted by Gasteiger charge is 2.28. The van der Waals surface area contributed by atoms with Gasteiger partial charge in [-0.3, -0.25) is 14.5 Å². The number of nitrogens with zero attached hydrogens (tertiary/aromatic N) is 2. The van der Waals surface area contributed by atoms with E-state index in [2.05, 4.69) is 16.8 Å². The van der Waals surface area contributed by atoms with E-state index in [-0.39, 0.29) is 30.2 Å². The number of amides is 2. The fourth-order valence-corrected chi connectivity index (χ4v) is 4.84. The third kappa shape index (κ3) is 7.77. The predicted octanol–water partition coefficient (Wildman–Crippen LogP) is 4.58. The van der Waals surface area contributed by atoms with Gasteiger partial charge in [0.2, 0.25) is 5.91 Å². The van der Waals surface area contributed by atoms with Crippen molar-refractivity contribution in [1.29, 1.82) is 0 Å². The summed E-state index contributed by atoms with van der Waals surface area (Å²) in [5, 5.41) is 13.0. The average molecular weight is 564 g/mol. The van der Waals surface area contributed by atoms with E-state index in [0.717, 1.165) is 0 Å². The number of aliphatic hydroxyl groups is 1. The molecule has 0 radical (unpaired) electrons. The Morgan fingerprint density at radius 3 is 2.39 bits per heavy atom. The second-order valence-electron chi connectivity index (χ2n) is 10.3. The van der Waals surface area contributed by atoms with Crippen molar-refractivity contribution in [2.75, 3.05) is 32.7 Å². The van der Waals surface area contributed by atoms with Gasteiger partial charge in [0, 0.05) is 44.3 Å². The molecule has 3 aromatic carbocycles. The van der Waals surface area contributed by atoms with E-state index in [4.69, 9.17) is 4.74 Å². The van der Waals surface area contributed by atoms with Crippen molar-refractivity contribution in [2.45, 2.75) is 32.1 Å². The minimum absolute atomic E-state index is 0.0102. The van der Waals surface area contributed by atoms with E-state index in [1.165, 1.54) is 36.4 Å². The molecule has 1 heterocycles. The van der Waals surface area contributed by atoms with Gasteiger partial charge in [-0.15, -0.1) is 0 Å². The van der Waals surface area contributed by atoms with E-state index in [9.17, 15) is 23.5 Å². The van der Waals surface area contributed by atoms with Gasteiger partial charge in [0.1, 0.15) is 23.5 Å². The molecule has 1 fully saturated rings. The Kier molecular flexibility index (Phi) is 9.86. The topological polar surface area (TPSA) is 82.1 Å². The van der Waals surface area contributed by atoms with Crippen LogP contribution < -0.4 is 10.1 Å². The van der Waals surface area contributed by atoms with Gasteiger partial charge in [-0.25, -0.2) is 8.78 Å². The third-order valence-corrected chi connectivity index (χ3v) is 7.27. The second-order valence-corrected chi connectivity index (χ2v) is 10.3. The molecule has 1 aliphatic rings. The zero-order chi connectivity index (χ0) is 29.5. The molecule has 0 saturated carbocycles. The Hall–Kier alpha value is -4.08.